The fraction of sp³-hybridized carbons (Fsp3) is 0.400. The van der Waals surface area contributed by atoms with Crippen molar-refractivity contribution in [3.63, 3.8) is 0 Å². The van der Waals surface area contributed by atoms with E-state index in [0.717, 1.165) is 4.88 Å². The number of nitrogens with one attached hydrogen (secondary N) is 1. The summed E-state index contributed by atoms with van der Waals surface area (Å²) in [7, 11) is 0. The number of rotatable bonds is 4. The first kappa shape index (κ1) is 13.0. The normalized spacial score (nSPS) is 11.2. The minimum Gasteiger partial charge on any atom is -0.480 e. The molecule has 1 heterocycles. The topological polar surface area (TPSA) is 66.4 Å². The first-order chi connectivity index (χ1) is 7.34. The summed E-state index contributed by atoms with van der Waals surface area (Å²) in [6, 6.07) is 3.52. The van der Waals surface area contributed by atoms with Gasteiger partial charge >= 0.3 is 5.97 Å². The van der Waals surface area contributed by atoms with E-state index >= 15 is 0 Å². The Morgan fingerprint density at radius 3 is 2.56 bits per heavy atom. The first-order valence-electron chi connectivity index (χ1n) is 4.60. The van der Waals surface area contributed by atoms with E-state index in [1.807, 2.05) is 0 Å². The Morgan fingerprint density at radius 2 is 2.12 bits per heavy atom. The summed E-state index contributed by atoms with van der Waals surface area (Å²) >= 11 is 7.08. The third kappa shape index (κ3) is 2.96. The highest BCUT2D eigenvalue weighted by Gasteiger charge is 2.35. The number of halogens is 1. The van der Waals surface area contributed by atoms with E-state index in [9.17, 15) is 9.59 Å². The van der Waals surface area contributed by atoms with Crippen molar-refractivity contribution in [1.82, 2.24) is 5.32 Å². The van der Waals surface area contributed by atoms with E-state index in [0.29, 0.717) is 10.9 Å². The Balaban J connectivity index is 2.56. The van der Waals surface area contributed by atoms with Gasteiger partial charge in [-0.05, 0) is 26.0 Å². The van der Waals surface area contributed by atoms with Crippen molar-refractivity contribution in [3.05, 3.63) is 21.3 Å². The fourth-order valence-electron chi connectivity index (χ4n) is 0.932. The summed E-state index contributed by atoms with van der Waals surface area (Å²) in [6.45, 7) is 3.03. The molecule has 1 aromatic heterocycles. The van der Waals surface area contributed by atoms with Crippen LogP contribution >= 0.6 is 22.9 Å². The number of carboxylic acid groups (broad SMARTS) is 1. The SMILES string of the molecule is CC(C)(C(=O)O)C(=O)NCc1ccc(Cl)s1. The Kier molecular flexibility index (Phi) is 3.93. The van der Waals surface area contributed by atoms with Crippen molar-refractivity contribution in [2.75, 3.05) is 0 Å². The molecule has 0 aliphatic heterocycles. The molecule has 0 fully saturated rings. The van der Waals surface area contributed by atoms with Gasteiger partial charge in [0.05, 0.1) is 10.9 Å². The average Bonchev–Trinajstić information content (AvgIpc) is 2.60. The zero-order valence-corrected chi connectivity index (χ0v) is 10.5. The zero-order valence-electron chi connectivity index (χ0n) is 8.91. The van der Waals surface area contributed by atoms with Crippen LogP contribution in [0.1, 0.15) is 18.7 Å². The number of aliphatic carboxylic acids is 1. The average molecular weight is 262 g/mol. The second-order valence-corrected chi connectivity index (χ2v) is 5.62. The highest BCUT2D eigenvalue weighted by molar-refractivity contribution is 7.16. The van der Waals surface area contributed by atoms with E-state index < -0.39 is 17.3 Å². The monoisotopic (exact) mass is 261 g/mol. The van der Waals surface area contributed by atoms with Gasteiger partial charge in [-0.2, -0.15) is 0 Å². The summed E-state index contributed by atoms with van der Waals surface area (Å²) in [5.41, 5.74) is -1.42. The van der Waals surface area contributed by atoms with Crippen LogP contribution in [0.3, 0.4) is 0 Å². The van der Waals surface area contributed by atoms with Gasteiger partial charge in [-0.15, -0.1) is 11.3 Å². The van der Waals surface area contributed by atoms with Crippen molar-refractivity contribution in [3.8, 4) is 0 Å². The Bertz CT molecular complexity index is 414. The molecular formula is C10H12ClNO3S. The lowest BCUT2D eigenvalue weighted by atomic mass is 9.93. The van der Waals surface area contributed by atoms with Gasteiger partial charge in [0, 0.05) is 4.88 Å². The third-order valence-corrected chi connectivity index (χ3v) is 3.39. The highest BCUT2D eigenvalue weighted by atomic mass is 35.5. The van der Waals surface area contributed by atoms with Gasteiger partial charge in [-0.25, -0.2) is 0 Å². The largest absolute Gasteiger partial charge is 0.480 e. The quantitative estimate of drug-likeness (QED) is 0.816. The lowest BCUT2D eigenvalue weighted by molar-refractivity contribution is -0.153. The van der Waals surface area contributed by atoms with Gasteiger partial charge < -0.3 is 10.4 Å². The Morgan fingerprint density at radius 1 is 1.50 bits per heavy atom. The second kappa shape index (κ2) is 4.84. The molecule has 0 atom stereocenters. The van der Waals surface area contributed by atoms with Gasteiger partial charge in [0.25, 0.3) is 0 Å². The Labute approximate surface area is 102 Å². The Hall–Kier alpha value is -1.07. The molecule has 0 aliphatic carbocycles. The van der Waals surface area contributed by atoms with Crippen LogP contribution in [0.5, 0.6) is 0 Å². The molecule has 16 heavy (non-hydrogen) atoms. The van der Waals surface area contributed by atoms with E-state index in [-0.39, 0.29) is 0 Å². The summed E-state index contributed by atoms with van der Waals surface area (Å²) in [6.07, 6.45) is 0. The van der Waals surface area contributed by atoms with Gasteiger partial charge in [0.1, 0.15) is 5.41 Å². The molecule has 6 heteroatoms. The van der Waals surface area contributed by atoms with Crippen LogP contribution in [-0.4, -0.2) is 17.0 Å². The number of carbonyl (C=O) groups is 2. The number of amides is 1. The minimum atomic E-state index is -1.42. The van der Waals surface area contributed by atoms with Crippen LogP contribution < -0.4 is 5.32 Å². The molecule has 0 saturated heterocycles. The number of carbonyl (C=O) groups excluding carboxylic acids is 1. The molecule has 1 rings (SSSR count). The summed E-state index contributed by atoms with van der Waals surface area (Å²) in [5, 5.41) is 11.4. The van der Waals surface area contributed by atoms with Gasteiger partial charge in [-0.3, -0.25) is 9.59 Å². The lowest BCUT2D eigenvalue weighted by Gasteiger charge is -2.17. The standard InChI is InChI=1S/C10H12ClNO3S/c1-10(2,9(14)15)8(13)12-5-6-3-4-7(11)16-6/h3-4H,5H2,1-2H3,(H,12,13)(H,14,15). The number of hydrogen-bond acceptors (Lipinski definition) is 3. The lowest BCUT2D eigenvalue weighted by Crippen LogP contribution is -2.41. The third-order valence-electron chi connectivity index (χ3n) is 2.15. The van der Waals surface area contributed by atoms with Crippen molar-refractivity contribution in [2.45, 2.75) is 20.4 Å². The summed E-state index contributed by atoms with van der Waals surface area (Å²) in [5.74, 6) is -1.65. The van der Waals surface area contributed by atoms with Crippen LogP contribution in [0.4, 0.5) is 0 Å². The maximum atomic E-state index is 11.6. The molecule has 0 unspecified atom stereocenters. The number of carboxylic acids is 1. The van der Waals surface area contributed by atoms with Crippen molar-refractivity contribution >= 4 is 34.8 Å². The number of hydrogen-bond donors (Lipinski definition) is 2. The predicted molar refractivity (Wildman–Crippen MR) is 62.6 cm³/mol. The molecule has 0 aromatic carbocycles. The maximum Gasteiger partial charge on any atom is 0.318 e. The molecule has 1 aromatic rings. The van der Waals surface area contributed by atoms with Crippen LogP contribution in [0.2, 0.25) is 4.34 Å². The zero-order chi connectivity index (χ0) is 12.3. The molecule has 88 valence electrons. The molecule has 0 saturated carbocycles. The van der Waals surface area contributed by atoms with Crippen LogP contribution in [-0.2, 0) is 16.1 Å². The van der Waals surface area contributed by atoms with Crippen molar-refractivity contribution in [2.24, 2.45) is 5.41 Å². The van der Waals surface area contributed by atoms with Crippen LogP contribution in [0.25, 0.3) is 0 Å². The van der Waals surface area contributed by atoms with Crippen molar-refractivity contribution in [1.29, 1.82) is 0 Å². The van der Waals surface area contributed by atoms with Gasteiger partial charge in [-0.1, -0.05) is 11.6 Å². The maximum absolute atomic E-state index is 11.6. The second-order valence-electron chi connectivity index (χ2n) is 3.82. The molecular weight excluding hydrogens is 250 g/mol. The van der Waals surface area contributed by atoms with E-state index in [2.05, 4.69) is 5.32 Å². The summed E-state index contributed by atoms with van der Waals surface area (Å²) in [4.78, 5) is 23.3. The smallest absolute Gasteiger partial charge is 0.318 e. The van der Waals surface area contributed by atoms with Crippen LogP contribution in [0, 0.1) is 5.41 Å². The van der Waals surface area contributed by atoms with E-state index in [1.165, 1.54) is 25.2 Å². The molecule has 0 aliphatic rings. The van der Waals surface area contributed by atoms with Crippen molar-refractivity contribution < 1.29 is 14.7 Å². The minimum absolute atomic E-state index is 0.299. The summed E-state index contributed by atoms with van der Waals surface area (Å²) < 4.78 is 0.641. The molecule has 2 N–H and O–H groups in total. The fourth-order valence-corrected chi connectivity index (χ4v) is 1.96. The molecule has 4 nitrogen and oxygen atoms in total. The molecule has 0 radical (unpaired) electrons. The van der Waals surface area contributed by atoms with Crippen LogP contribution in [0.15, 0.2) is 12.1 Å². The van der Waals surface area contributed by atoms with E-state index in [4.69, 9.17) is 16.7 Å². The first-order valence-corrected chi connectivity index (χ1v) is 5.79. The molecule has 1 amide bonds. The predicted octanol–water partition coefficient (Wildman–Crippen LogP) is 2.13. The highest BCUT2D eigenvalue weighted by Crippen LogP contribution is 2.22. The molecule has 0 spiro atoms. The van der Waals surface area contributed by atoms with Gasteiger partial charge in [0.15, 0.2) is 0 Å². The van der Waals surface area contributed by atoms with Gasteiger partial charge in [0.2, 0.25) is 5.91 Å². The number of thiophene rings is 1. The molecule has 0 bridgehead atoms. The van der Waals surface area contributed by atoms with E-state index in [1.54, 1.807) is 12.1 Å².